The molecule has 6 heteroatoms. The number of thiocarbonyl (C=S) groups is 1. The Bertz CT molecular complexity index is 917. The normalized spacial score (nSPS) is 19.9. The molecule has 2 heterocycles. The molecule has 0 aliphatic carbocycles. The summed E-state index contributed by atoms with van der Waals surface area (Å²) in [6.07, 6.45) is 6.88. The zero-order valence-electron chi connectivity index (χ0n) is 16.7. The van der Waals surface area contributed by atoms with Gasteiger partial charge in [0.15, 0.2) is 0 Å². The number of anilines is 1. The lowest BCUT2D eigenvalue weighted by Crippen LogP contribution is -2.45. The topological polar surface area (TPSA) is 23.6 Å². The zero-order chi connectivity index (χ0) is 20.6. The summed E-state index contributed by atoms with van der Waals surface area (Å²) < 4.78 is 0.553. The van der Waals surface area contributed by atoms with Gasteiger partial charge in [-0.1, -0.05) is 54.7 Å². The van der Waals surface area contributed by atoms with Crippen LogP contribution in [0.25, 0.3) is 11.6 Å². The Kier molecular flexibility index (Phi) is 6.08. The summed E-state index contributed by atoms with van der Waals surface area (Å²) in [6, 6.07) is 4.11. The average Bonchev–Trinajstić information content (AvgIpc) is 2.87. The van der Waals surface area contributed by atoms with Gasteiger partial charge in [-0.05, 0) is 56.5 Å². The maximum absolute atomic E-state index is 12.6. The zero-order valence-corrected chi connectivity index (χ0v) is 19.1. The van der Waals surface area contributed by atoms with E-state index in [0.717, 1.165) is 29.8 Å². The van der Waals surface area contributed by atoms with Gasteiger partial charge in [0.2, 0.25) is 0 Å². The summed E-state index contributed by atoms with van der Waals surface area (Å²) in [7, 11) is 0. The van der Waals surface area contributed by atoms with Gasteiger partial charge in [-0.3, -0.25) is 9.69 Å². The van der Waals surface area contributed by atoms with Crippen LogP contribution < -0.4 is 4.90 Å². The number of benzene rings is 1. The van der Waals surface area contributed by atoms with Crippen molar-refractivity contribution >= 4 is 63.1 Å². The molecule has 1 saturated heterocycles. The highest BCUT2D eigenvalue weighted by Gasteiger charge is 2.33. The average molecular weight is 433 g/mol. The fourth-order valence-electron chi connectivity index (χ4n) is 3.79. The third kappa shape index (κ3) is 3.80. The second-order valence-electron chi connectivity index (χ2n) is 7.60. The van der Waals surface area contributed by atoms with E-state index < -0.39 is 0 Å². The van der Waals surface area contributed by atoms with Crippen LogP contribution >= 0.6 is 35.6 Å². The first-order valence-electron chi connectivity index (χ1n) is 9.37. The summed E-state index contributed by atoms with van der Waals surface area (Å²) in [5.74, 6) is -0.0929. The first kappa shape index (κ1) is 21.2. The molecule has 0 unspecified atom stereocenters. The van der Waals surface area contributed by atoms with Gasteiger partial charge in [-0.2, -0.15) is 0 Å². The molecule has 0 N–H and O–H groups in total. The molecule has 3 nitrogen and oxygen atoms in total. The molecule has 1 aromatic carbocycles. The van der Waals surface area contributed by atoms with Crippen LogP contribution in [0.3, 0.4) is 0 Å². The van der Waals surface area contributed by atoms with Gasteiger partial charge in [-0.15, -0.1) is 6.58 Å². The van der Waals surface area contributed by atoms with Gasteiger partial charge in [0.1, 0.15) is 4.32 Å². The van der Waals surface area contributed by atoms with Crippen LogP contribution in [0.1, 0.15) is 45.2 Å². The van der Waals surface area contributed by atoms with Crippen molar-refractivity contribution in [3.8, 4) is 0 Å². The van der Waals surface area contributed by atoms with E-state index in [9.17, 15) is 4.79 Å². The second kappa shape index (κ2) is 8.05. The SMILES string of the molecule is C=CCN1C(=O)/C(=C\c2cc3c(cc2Cl)N(CCC)C(C)(C)C=C3C)SC1=S. The van der Waals surface area contributed by atoms with Crippen LogP contribution in [-0.2, 0) is 4.79 Å². The minimum Gasteiger partial charge on any atom is -0.362 e. The fraction of sp³-hybridized carbons (Fsp3) is 0.364. The lowest BCUT2D eigenvalue weighted by atomic mass is 9.87. The molecule has 2 aliphatic heterocycles. The maximum atomic E-state index is 12.6. The number of nitrogens with zero attached hydrogens (tertiary/aromatic N) is 2. The number of halogens is 1. The summed E-state index contributed by atoms with van der Waals surface area (Å²) in [6.45, 7) is 13.8. The largest absolute Gasteiger partial charge is 0.362 e. The molecule has 148 valence electrons. The highest BCUT2D eigenvalue weighted by Crippen LogP contribution is 2.42. The molecule has 1 fully saturated rings. The number of rotatable bonds is 5. The number of fused-ring (bicyclic) bond motifs is 1. The predicted octanol–water partition coefficient (Wildman–Crippen LogP) is 6.14. The monoisotopic (exact) mass is 432 g/mol. The van der Waals surface area contributed by atoms with Crippen LogP contribution in [0, 0.1) is 0 Å². The Balaban J connectivity index is 2.05. The maximum Gasteiger partial charge on any atom is 0.266 e. The van der Waals surface area contributed by atoms with Crippen molar-refractivity contribution in [3.05, 3.63) is 51.9 Å². The Morgan fingerprint density at radius 2 is 2.07 bits per heavy atom. The van der Waals surface area contributed by atoms with Gasteiger partial charge in [0.25, 0.3) is 5.91 Å². The van der Waals surface area contributed by atoms with Gasteiger partial charge < -0.3 is 4.90 Å². The summed E-state index contributed by atoms with van der Waals surface area (Å²) >= 11 is 13.3. The van der Waals surface area contributed by atoms with E-state index in [1.54, 1.807) is 11.0 Å². The minimum absolute atomic E-state index is 0.0644. The predicted molar refractivity (Wildman–Crippen MR) is 127 cm³/mol. The summed E-state index contributed by atoms with van der Waals surface area (Å²) in [5, 5.41) is 0.638. The molecule has 1 aromatic rings. The van der Waals surface area contributed by atoms with Gasteiger partial charge >= 0.3 is 0 Å². The third-order valence-electron chi connectivity index (χ3n) is 5.02. The third-order valence-corrected chi connectivity index (χ3v) is 6.72. The fourth-order valence-corrected chi connectivity index (χ4v) is 5.26. The van der Waals surface area contributed by atoms with E-state index in [1.807, 2.05) is 12.1 Å². The molecule has 0 aromatic heterocycles. The number of hydrogen-bond acceptors (Lipinski definition) is 4. The number of thioether (sulfide) groups is 1. The van der Waals surface area contributed by atoms with Crippen molar-refractivity contribution in [2.45, 2.75) is 39.7 Å². The lowest BCUT2D eigenvalue weighted by molar-refractivity contribution is -0.121. The number of amides is 1. The van der Waals surface area contributed by atoms with Crippen molar-refractivity contribution < 1.29 is 4.79 Å². The first-order chi connectivity index (χ1) is 13.2. The molecule has 0 saturated carbocycles. The molecule has 0 bridgehead atoms. The number of carbonyl (C=O) groups excluding carboxylic acids is 1. The van der Waals surface area contributed by atoms with Gasteiger partial charge in [0, 0.05) is 29.4 Å². The van der Waals surface area contributed by atoms with Crippen LogP contribution in [0.2, 0.25) is 5.02 Å². The Labute approximate surface area is 182 Å². The second-order valence-corrected chi connectivity index (χ2v) is 9.69. The van der Waals surface area contributed by atoms with E-state index in [2.05, 4.69) is 51.3 Å². The van der Waals surface area contributed by atoms with Crippen molar-refractivity contribution in [1.29, 1.82) is 0 Å². The highest BCUT2D eigenvalue weighted by molar-refractivity contribution is 8.26. The van der Waals surface area contributed by atoms with Crippen LogP contribution in [-0.4, -0.2) is 33.8 Å². The Hall–Kier alpha value is -1.56. The molecule has 0 atom stereocenters. The Morgan fingerprint density at radius 1 is 1.36 bits per heavy atom. The van der Waals surface area contributed by atoms with Crippen LogP contribution in [0.15, 0.2) is 35.8 Å². The molecular weight excluding hydrogens is 408 g/mol. The smallest absolute Gasteiger partial charge is 0.266 e. The van der Waals surface area contributed by atoms with E-state index in [4.69, 9.17) is 23.8 Å². The number of hydrogen-bond donors (Lipinski definition) is 0. The van der Waals surface area contributed by atoms with E-state index in [-0.39, 0.29) is 11.4 Å². The molecule has 1 amide bonds. The van der Waals surface area contributed by atoms with Crippen molar-refractivity contribution in [2.75, 3.05) is 18.0 Å². The van der Waals surface area contributed by atoms with Crippen molar-refractivity contribution in [3.63, 3.8) is 0 Å². The molecular formula is C22H25ClN2OS2. The van der Waals surface area contributed by atoms with Crippen LogP contribution in [0.5, 0.6) is 0 Å². The lowest BCUT2D eigenvalue weighted by Gasteiger charge is -2.43. The molecule has 3 rings (SSSR count). The molecule has 28 heavy (non-hydrogen) atoms. The molecule has 0 radical (unpaired) electrons. The van der Waals surface area contributed by atoms with Crippen molar-refractivity contribution in [1.82, 2.24) is 4.90 Å². The van der Waals surface area contributed by atoms with Crippen molar-refractivity contribution in [2.24, 2.45) is 0 Å². The van der Waals surface area contributed by atoms with E-state index >= 15 is 0 Å². The molecule has 2 aliphatic rings. The minimum atomic E-state index is -0.0929. The molecule has 0 spiro atoms. The highest BCUT2D eigenvalue weighted by atomic mass is 35.5. The quantitative estimate of drug-likeness (QED) is 0.316. The van der Waals surface area contributed by atoms with Gasteiger partial charge in [0.05, 0.1) is 10.4 Å². The number of carbonyl (C=O) groups is 1. The summed E-state index contributed by atoms with van der Waals surface area (Å²) in [5.41, 5.74) is 4.30. The van der Waals surface area contributed by atoms with Crippen LogP contribution in [0.4, 0.5) is 5.69 Å². The Morgan fingerprint density at radius 3 is 2.71 bits per heavy atom. The number of allylic oxidation sites excluding steroid dienone is 1. The van der Waals surface area contributed by atoms with E-state index in [0.29, 0.717) is 20.8 Å². The standard InChI is InChI=1S/C22H25ClN2OS2/c1-6-8-24-20(26)19(28-21(24)27)11-15-10-16-14(3)13-22(4,5)25(9-7-2)18(16)12-17(15)23/h6,10-13H,1,7-9H2,2-5H3/b19-11+. The first-order valence-corrected chi connectivity index (χ1v) is 11.0. The van der Waals surface area contributed by atoms with E-state index in [1.165, 1.54) is 17.3 Å². The van der Waals surface area contributed by atoms with Gasteiger partial charge in [-0.25, -0.2) is 0 Å². The summed E-state index contributed by atoms with van der Waals surface area (Å²) in [4.78, 5) is 17.2.